The fraction of sp³-hybridized carbons (Fsp3) is 0.158. The minimum Gasteiger partial charge on any atom is -0.495 e. The first-order valence-electron chi connectivity index (χ1n) is 8.15. The number of halogens is 1. The van der Waals surface area contributed by atoms with Crippen LogP contribution in [0.15, 0.2) is 42.7 Å². The van der Waals surface area contributed by atoms with Gasteiger partial charge in [0.2, 0.25) is 0 Å². The summed E-state index contributed by atoms with van der Waals surface area (Å²) in [4.78, 5) is 8.47. The highest BCUT2D eigenvalue weighted by Gasteiger charge is 2.14. The van der Waals surface area contributed by atoms with Gasteiger partial charge in [-0.3, -0.25) is 0 Å². The molecule has 0 saturated carbocycles. The van der Waals surface area contributed by atoms with E-state index in [4.69, 9.17) is 26.8 Å². The Morgan fingerprint density at radius 1 is 0.926 bits per heavy atom. The highest BCUT2D eigenvalue weighted by Crippen LogP contribution is 2.38. The summed E-state index contributed by atoms with van der Waals surface area (Å²) in [5.41, 5.74) is 9.24. The van der Waals surface area contributed by atoms with E-state index >= 15 is 0 Å². The molecule has 3 aromatic rings. The van der Waals surface area contributed by atoms with Gasteiger partial charge < -0.3 is 25.8 Å². The number of para-hydroxylation sites is 1. The highest BCUT2D eigenvalue weighted by molar-refractivity contribution is 6.32. The number of nitrogens with two attached hydrogens (primary N) is 1. The van der Waals surface area contributed by atoms with Crippen molar-refractivity contribution in [3.8, 4) is 11.5 Å². The molecule has 0 aliphatic carbocycles. The Kier molecular flexibility index (Phi) is 5.52. The standard InChI is InChI=1S/C19H20ClN5O2/c1-11-6-4-5-7-13(11)24-18-17(21)19(23-10-22-18)25-14-8-12(20)15(26-2)9-16(14)27-3/h4-10H,21H2,1-3H3,(H2,22,23,24,25). The van der Waals surface area contributed by atoms with Gasteiger partial charge in [0.15, 0.2) is 11.6 Å². The molecule has 0 saturated heterocycles. The van der Waals surface area contributed by atoms with Crippen molar-refractivity contribution in [3.05, 3.63) is 53.3 Å². The first kappa shape index (κ1) is 18.6. The summed E-state index contributed by atoms with van der Waals surface area (Å²) in [7, 11) is 3.10. The molecule has 7 nitrogen and oxygen atoms in total. The fourth-order valence-electron chi connectivity index (χ4n) is 2.52. The molecule has 0 fully saturated rings. The number of aryl methyl sites for hydroxylation is 1. The lowest BCUT2D eigenvalue weighted by atomic mass is 10.2. The van der Waals surface area contributed by atoms with Gasteiger partial charge in [0, 0.05) is 11.8 Å². The molecule has 0 radical (unpaired) electrons. The number of nitrogens with one attached hydrogen (secondary N) is 2. The Morgan fingerprint density at radius 2 is 1.56 bits per heavy atom. The van der Waals surface area contributed by atoms with Crippen molar-refractivity contribution in [2.24, 2.45) is 0 Å². The minimum atomic E-state index is 0.370. The van der Waals surface area contributed by atoms with Gasteiger partial charge in [-0.2, -0.15) is 0 Å². The van der Waals surface area contributed by atoms with Crippen LogP contribution in [0.1, 0.15) is 5.56 Å². The lowest BCUT2D eigenvalue weighted by Gasteiger charge is -2.16. The lowest BCUT2D eigenvalue weighted by molar-refractivity contribution is 0.396. The van der Waals surface area contributed by atoms with Crippen LogP contribution in [0.5, 0.6) is 11.5 Å². The Balaban J connectivity index is 1.93. The molecule has 0 atom stereocenters. The monoisotopic (exact) mass is 385 g/mol. The summed E-state index contributed by atoms with van der Waals surface area (Å²) < 4.78 is 10.6. The Labute approximate surface area is 162 Å². The number of methoxy groups -OCH3 is 2. The van der Waals surface area contributed by atoms with Gasteiger partial charge in [-0.1, -0.05) is 29.8 Å². The van der Waals surface area contributed by atoms with Gasteiger partial charge in [-0.25, -0.2) is 9.97 Å². The molecule has 0 bridgehead atoms. The number of anilines is 5. The molecular formula is C19H20ClN5O2. The molecule has 0 spiro atoms. The summed E-state index contributed by atoms with van der Waals surface area (Å²) in [6.45, 7) is 2.00. The number of nitrogens with zero attached hydrogens (tertiary/aromatic N) is 2. The summed E-state index contributed by atoms with van der Waals surface area (Å²) in [6, 6.07) is 11.2. The third-order valence-electron chi connectivity index (χ3n) is 4.01. The van der Waals surface area contributed by atoms with Crippen LogP contribution in [0.4, 0.5) is 28.7 Å². The molecule has 2 aromatic carbocycles. The van der Waals surface area contributed by atoms with Crippen LogP contribution in [0.2, 0.25) is 5.02 Å². The summed E-state index contributed by atoms with van der Waals surface area (Å²) >= 11 is 6.22. The third kappa shape index (κ3) is 3.98. The van der Waals surface area contributed by atoms with Crippen molar-refractivity contribution >= 4 is 40.3 Å². The zero-order valence-corrected chi connectivity index (χ0v) is 16.0. The topological polar surface area (TPSA) is 94.3 Å². The van der Waals surface area contributed by atoms with E-state index in [1.165, 1.54) is 6.33 Å². The Morgan fingerprint density at radius 3 is 2.19 bits per heavy atom. The maximum absolute atomic E-state index is 6.27. The number of rotatable bonds is 6. The summed E-state index contributed by atoms with van der Waals surface area (Å²) in [5, 5.41) is 6.81. The van der Waals surface area contributed by atoms with Gasteiger partial charge in [-0.15, -0.1) is 0 Å². The van der Waals surface area contributed by atoms with Crippen molar-refractivity contribution in [2.45, 2.75) is 6.92 Å². The summed E-state index contributed by atoms with van der Waals surface area (Å²) in [5.74, 6) is 1.99. The first-order valence-corrected chi connectivity index (χ1v) is 8.53. The zero-order chi connectivity index (χ0) is 19.4. The third-order valence-corrected chi connectivity index (χ3v) is 4.30. The predicted octanol–water partition coefficient (Wildman–Crippen LogP) is 4.53. The van der Waals surface area contributed by atoms with Crippen LogP contribution in [-0.4, -0.2) is 24.2 Å². The van der Waals surface area contributed by atoms with Gasteiger partial charge in [0.25, 0.3) is 0 Å². The molecule has 0 aliphatic heterocycles. The van der Waals surface area contributed by atoms with Crippen molar-refractivity contribution in [2.75, 3.05) is 30.6 Å². The number of hydrogen-bond acceptors (Lipinski definition) is 7. The number of aromatic nitrogens is 2. The molecule has 0 amide bonds. The maximum atomic E-state index is 6.27. The first-order chi connectivity index (χ1) is 13.0. The molecule has 1 aromatic heterocycles. The summed E-state index contributed by atoms with van der Waals surface area (Å²) in [6.07, 6.45) is 1.43. The Hall–Kier alpha value is -3.19. The largest absolute Gasteiger partial charge is 0.495 e. The van der Waals surface area contributed by atoms with Crippen LogP contribution in [0, 0.1) is 6.92 Å². The van der Waals surface area contributed by atoms with Crippen LogP contribution >= 0.6 is 11.6 Å². The second-order valence-corrected chi connectivity index (χ2v) is 6.14. The Bertz CT molecular complexity index is 965. The normalized spacial score (nSPS) is 10.4. The molecule has 3 rings (SSSR count). The van der Waals surface area contributed by atoms with Crippen molar-refractivity contribution in [1.82, 2.24) is 9.97 Å². The van der Waals surface area contributed by atoms with Gasteiger partial charge in [0.1, 0.15) is 23.5 Å². The quantitative estimate of drug-likeness (QED) is 0.574. The fourth-order valence-corrected chi connectivity index (χ4v) is 2.76. The number of hydrogen-bond donors (Lipinski definition) is 3. The van der Waals surface area contributed by atoms with Crippen molar-refractivity contribution in [1.29, 1.82) is 0 Å². The number of benzene rings is 2. The van der Waals surface area contributed by atoms with E-state index in [-0.39, 0.29) is 0 Å². The minimum absolute atomic E-state index is 0.370. The van der Waals surface area contributed by atoms with E-state index < -0.39 is 0 Å². The molecule has 4 N–H and O–H groups in total. The molecular weight excluding hydrogens is 366 g/mol. The molecule has 140 valence electrons. The van der Waals surface area contributed by atoms with Gasteiger partial charge in [0.05, 0.1) is 24.9 Å². The van der Waals surface area contributed by atoms with E-state index in [9.17, 15) is 0 Å². The van der Waals surface area contributed by atoms with Crippen LogP contribution in [0.3, 0.4) is 0 Å². The van der Waals surface area contributed by atoms with E-state index in [2.05, 4.69) is 20.6 Å². The highest BCUT2D eigenvalue weighted by atomic mass is 35.5. The number of nitrogen functional groups attached to an aromatic ring is 1. The molecule has 8 heteroatoms. The SMILES string of the molecule is COc1cc(OC)c(Nc2ncnc(Nc3ccccc3C)c2N)cc1Cl. The second-order valence-electron chi connectivity index (χ2n) is 5.74. The van der Waals surface area contributed by atoms with Gasteiger partial charge in [-0.05, 0) is 24.6 Å². The van der Waals surface area contributed by atoms with Crippen molar-refractivity contribution in [3.63, 3.8) is 0 Å². The van der Waals surface area contributed by atoms with E-state index in [0.717, 1.165) is 11.3 Å². The van der Waals surface area contributed by atoms with Crippen LogP contribution < -0.4 is 25.8 Å². The van der Waals surface area contributed by atoms with E-state index in [1.807, 2.05) is 31.2 Å². The smallest absolute Gasteiger partial charge is 0.159 e. The van der Waals surface area contributed by atoms with E-state index in [0.29, 0.717) is 39.5 Å². The maximum Gasteiger partial charge on any atom is 0.159 e. The average molecular weight is 386 g/mol. The molecule has 0 aliphatic rings. The molecule has 27 heavy (non-hydrogen) atoms. The molecule has 0 unspecified atom stereocenters. The van der Waals surface area contributed by atoms with Crippen molar-refractivity contribution < 1.29 is 9.47 Å². The van der Waals surface area contributed by atoms with Gasteiger partial charge >= 0.3 is 0 Å². The average Bonchev–Trinajstić information content (AvgIpc) is 2.67. The second kappa shape index (κ2) is 8.01. The number of ether oxygens (including phenoxy) is 2. The van der Waals surface area contributed by atoms with Crippen LogP contribution in [0.25, 0.3) is 0 Å². The lowest BCUT2D eigenvalue weighted by Crippen LogP contribution is -2.06. The van der Waals surface area contributed by atoms with Crippen LogP contribution in [-0.2, 0) is 0 Å². The predicted molar refractivity (Wildman–Crippen MR) is 109 cm³/mol. The molecule has 1 heterocycles. The zero-order valence-electron chi connectivity index (χ0n) is 15.2. The van der Waals surface area contributed by atoms with E-state index in [1.54, 1.807) is 26.4 Å².